The van der Waals surface area contributed by atoms with Gasteiger partial charge in [0, 0.05) is 25.2 Å². The Morgan fingerprint density at radius 3 is 1.98 bits per heavy atom. The predicted molar refractivity (Wildman–Crippen MR) is 199 cm³/mol. The zero-order chi connectivity index (χ0) is 34.4. The minimum Gasteiger partial charge on any atom is -0.378 e. The van der Waals surface area contributed by atoms with Gasteiger partial charge in [-0.15, -0.1) is 0 Å². The Labute approximate surface area is 294 Å². The van der Waals surface area contributed by atoms with E-state index >= 15 is 0 Å². The third kappa shape index (κ3) is 9.94. The summed E-state index contributed by atoms with van der Waals surface area (Å²) >= 11 is 0. The van der Waals surface area contributed by atoms with Crippen LogP contribution in [-0.2, 0) is 14.2 Å². The third-order valence-electron chi connectivity index (χ3n) is 13.8. The number of rotatable bonds is 24. The lowest BCUT2D eigenvalue weighted by atomic mass is 9.43. The average molecular weight is 679 g/mol. The molecule has 4 aliphatic rings. The Kier molecular flexibility index (Phi) is 17.4. The molecule has 10 N–H and O–H groups in total. The highest BCUT2D eigenvalue weighted by atomic mass is 16.5. The van der Waals surface area contributed by atoms with E-state index in [9.17, 15) is 0 Å². The van der Waals surface area contributed by atoms with Crippen LogP contribution in [0.15, 0.2) is 0 Å². The van der Waals surface area contributed by atoms with Crippen LogP contribution in [0.2, 0.25) is 0 Å². The van der Waals surface area contributed by atoms with E-state index in [1.165, 1.54) is 51.4 Å². The van der Waals surface area contributed by atoms with Crippen molar-refractivity contribution in [3.8, 4) is 0 Å². The molecule has 11 atom stereocenters. The van der Waals surface area contributed by atoms with E-state index in [4.69, 9.17) is 37.1 Å². The van der Waals surface area contributed by atoms with Crippen LogP contribution in [0.3, 0.4) is 0 Å². The fourth-order valence-corrected chi connectivity index (χ4v) is 11.2. The molecular weight excluding hydrogens is 600 g/mol. The van der Waals surface area contributed by atoms with Gasteiger partial charge in [-0.1, -0.05) is 20.8 Å². The third-order valence-corrected chi connectivity index (χ3v) is 13.8. The Morgan fingerprint density at radius 1 is 0.667 bits per heavy atom. The molecule has 48 heavy (non-hydrogen) atoms. The zero-order valence-corrected chi connectivity index (χ0v) is 31.4. The summed E-state index contributed by atoms with van der Waals surface area (Å²) in [6.07, 6.45) is 17.0. The molecule has 0 bridgehead atoms. The maximum atomic E-state index is 7.02. The number of fused-ring (bicyclic) bond motifs is 5. The highest BCUT2D eigenvalue weighted by Crippen LogP contribution is 2.69. The summed E-state index contributed by atoms with van der Waals surface area (Å²) in [6.45, 7) is 17.3. The first kappa shape index (κ1) is 40.4. The van der Waals surface area contributed by atoms with Gasteiger partial charge in [-0.2, -0.15) is 0 Å². The van der Waals surface area contributed by atoms with Crippen LogP contribution in [0.4, 0.5) is 0 Å². The van der Waals surface area contributed by atoms with Crippen molar-refractivity contribution in [2.45, 2.75) is 129 Å². The van der Waals surface area contributed by atoms with Crippen LogP contribution in [0.5, 0.6) is 0 Å². The number of nitrogens with one attached hydrogen (secondary N) is 2. The van der Waals surface area contributed by atoms with Gasteiger partial charge in [0.2, 0.25) is 0 Å². The second kappa shape index (κ2) is 20.6. The van der Waals surface area contributed by atoms with E-state index in [1.807, 2.05) is 0 Å². The molecule has 4 saturated carbocycles. The molecule has 4 fully saturated rings. The molecule has 9 heteroatoms. The Morgan fingerprint density at radius 2 is 1.29 bits per heavy atom. The lowest BCUT2D eigenvalue weighted by Gasteiger charge is -2.65. The van der Waals surface area contributed by atoms with E-state index in [0.29, 0.717) is 72.8 Å². The molecular formula is C39H78N6O3. The smallest absolute Gasteiger partial charge is 0.0637 e. The molecule has 0 aromatic heterocycles. The molecule has 4 rings (SSSR count). The van der Waals surface area contributed by atoms with Gasteiger partial charge in [0.05, 0.1) is 18.3 Å². The summed E-state index contributed by atoms with van der Waals surface area (Å²) in [5, 5.41) is 7.19. The maximum Gasteiger partial charge on any atom is 0.0637 e. The van der Waals surface area contributed by atoms with Crippen LogP contribution < -0.4 is 33.6 Å². The highest BCUT2D eigenvalue weighted by Gasteiger charge is 2.66. The molecule has 5 unspecified atom stereocenters. The van der Waals surface area contributed by atoms with Crippen molar-refractivity contribution < 1.29 is 14.2 Å². The van der Waals surface area contributed by atoms with Crippen LogP contribution in [0.25, 0.3) is 0 Å². The van der Waals surface area contributed by atoms with Crippen molar-refractivity contribution >= 4 is 0 Å². The molecule has 0 saturated heterocycles. The van der Waals surface area contributed by atoms with Crippen molar-refractivity contribution in [1.29, 1.82) is 0 Å². The van der Waals surface area contributed by atoms with Gasteiger partial charge in [0.1, 0.15) is 0 Å². The van der Waals surface area contributed by atoms with Crippen molar-refractivity contribution in [2.75, 3.05) is 72.2 Å². The average Bonchev–Trinajstić information content (AvgIpc) is 3.44. The fourth-order valence-electron chi connectivity index (χ4n) is 11.2. The first-order valence-electron chi connectivity index (χ1n) is 20.4. The molecule has 0 spiro atoms. The summed E-state index contributed by atoms with van der Waals surface area (Å²) in [4.78, 5) is 0. The topological polar surface area (TPSA) is 156 Å². The zero-order valence-electron chi connectivity index (χ0n) is 31.4. The quantitative estimate of drug-likeness (QED) is 0.0815. The molecule has 0 radical (unpaired) electrons. The van der Waals surface area contributed by atoms with E-state index in [0.717, 1.165) is 91.1 Å². The van der Waals surface area contributed by atoms with Gasteiger partial charge >= 0.3 is 0 Å². The monoisotopic (exact) mass is 679 g/mol. The van der Waals surface area contributed by atoms with Crippen molar-refractivity contribution in [2.24, 2.45) is 69.3 Å². The Balaban J connectivity index is 1.46. The summed E-state index contributed by atoms with van der Waals surface area (Å²) < 4.78 is 20.3. The first-order valence-corrected chi connectivity index (χ1v) is 20.4. The molecule has 4 aliphatic carbocycles. The molecule has 0 aliphatic heterocycles. The SMILES string of the molecule is CC(CCCNCCCNCCCN)[C@H]1CC[C@H]2C3C(C[C@H](OCCCN)C12C)[C@@]1(C)CC[C@@H](OCCCN)CC1C[C@H]3OCCCN. The van der Waals surface area contributed by atoms with Gasteiger partial charge in [0.25, 0.3) is 0 Å². The molecule has 0 heterocycles. The summed E-state index contributed by atoms with van der Waals surface area (Å²) in [7, 11) is 0. The normalized spacial score (nSPS) is 36.8. The minimum absolute atomic E-state index is 0.166. The van der Waals surface area contributed by atoms with Crippen LogP contribution >= 0.6 is 0 Å². The fraction of sp³-hybridized carbons (Fsp3) is 1.00. The number of ether oxygens (including phenoxy) is 3. The molecule has 282 valence electrons. The van der Waals surface area contributed by atoms with Crippen LogP contribution in [0, 0.1) is 46.3 Å². The summed E-state index contributed by atoms with van der Waals surface area (Å²) in [6, 6.07) is 0. The summed E-state index contributed by atoms with van der Waals surface area (Å²) in [5.74, 6) is 3.83. The second-order valence-corrected chi connectivity index (χ2v) is 16.6. The van der Waals surface area contributed by atoms with Crippen LogP contribution in [-0.4, -0.2) is 90.5 Å². The van der Waals surface area contributed by atoms with Crippen LogP contribution in [0.1, 0.15) is 111 Å². The van der Waals surface area contributed by atoms with Gasteiger partial charge < -0.3 is 47.8 Å². The highest BCUT2D eigenvalue weighted by molar-refractivity contribution is 5.15. The maximum absolute atomic E-state index is 7.02. The lowest BCUT2D eigenvalue weighted by molar-refractivity contribution is -0.227. The van der Waals surface area contributed by atoms with Gasteiger partial charge in [-0.05, 0) is 183 Å². The lowest BCUT2D eigenvalue weighted by Crippen LogP contribution is -2.63. The molecule has 9 nitrogen and oxygen atoms in total. The first-order chi connectivity index (χ1) is 23.3. The van der Waals surface area contributed by atoms with Crippen molar-refractivity contribution in [3.05, 3.63) is 0 Å². The van der Waals surface area contributed by atoms with Gasteiger partial charge in [-0.3, -0.25) is 0 Å². The number of hydrogen-bond donors (Lipinski definition) is 6. The van der Waals surface area contributed by atoms with E-state index in [-0.39, 0.29) is 11.5 Å². The standard InChI is InChI=1S/C39H78N6O3/c1-29(10-4-19-44-21-9-22-45-20-5-15-40)32-11-12-33-37-34(28-36(39(32,33)3)48-25-8-18-43)38(2)14-13-31(46-23-6-16-41)26-30(38)27-35(37)47-24-7-17-42/h29-37,44-45H,4-28,40-43H2,1-3H3/t29?,30?,31-,32-,33+,34?,35-,36+,37?,38+,39?/m1/s1. The molecule has 0 aromatic carbocycles. The largest absolute Gasteiger partial charge is 0.378 e. The number of nitrogens with two attached hydrogens (primary N) is 4. The minimum atomic E-state index is 0.166. The van der Waals surface area contributed by atoms with E-state index in [1.54, 1.807) is 0 Å². The molecule has 0 amide bonds. The number of hydrogen-bond acceptors (Lipinski definition) is 9. The van der Waals surface area contributed by atoms with Crippen molar-refractivity contribution in [3.63, 3.8) is 0 Å². The Hall–Kier alpha value is -0.360. The van der Waals surface area contributed by atoms with Gasteiger partial charge in [-0.25, -0.2) is 0 Å². The van der Waals surface area contributed by atoms with E-state index in [2.05, 4.69) is 31.4 Å². The second-order valence-electron chi connectivity index (χ2n) is 16.6. The van der Waals surface area contributed by atoms with Crippen molar-refractivity contribution in [1.82, 2.24) is 10.6 Å². The van der Waals surface area contributed by atoms with Gasteiger partial charge in [0.15, 0.2) is 0 Å². The summed E-state index contributed by atoms with van der Waals surface area (Å²) in [5.41, 5.74) is 23.8. The predicted octanol–water partition coefficient (Wildman–Crippen LogP) is 4.40. The molecule has 0 aromatic rings. The van der Waals surface area contributed by atoms with E-state index < -0.39 is 0 Å². The Bertz CT molecular complexity index is 885.